The van der Waals surface area contributed by atoms with E-state index in [1.807, 2.05) is 89.1 Å². The molecule has 1 aromatic heterocycles. The van der Waals surface area contributed by atoms with Crippen LogP contribution >= 0.6 is 0 Å². The van der Waals surface area contributed by atoms with E-state index in [1.165, 1.54) is 0 Å². The largest absolute Gasteiger partial charge is 0.444 e. The molecule has 2 amide bonds. The number of para-hydroxylation sites is 1. The lowest BCUT2D eigenvalue weighted by atomic mass is 10.0. The highest BCUT2D eigenvalue weighted by Crippen LogP contribution is 2.36. The summed E-state index contributed by atoms with van der Waals surface area (Å²) in [7, 11) is 1.93. The number of hydrogen-bond donors (Lipinski definition) is 1. The van der Waals surface area contributed by atoms with E-state index in [4.69, 9.17) is 4.74 Å². The highest BCUT2D eigenvalue weighted by molar-refractivity contribution is 5.98. The molecular weight excluding hydrogens is 380 g/mol. The monoisotopic (exact) mass is 412 g/mol. The molecule has 1 N–H and O–H groups in total. The van der Waals surface area contributed by atoms with Gasteiger partial charge in [0.2, 0.25) is 0 Å². The third-order valence-corrected chi connectivity index (χ3v) is 5.33. The van der Waals surface area contributed by atoms with Gasteiger partial charge in [0, 0.05) is 25.0 Å². The van der Waals surface area contributed by atoms with Gasteiger partial charge >= 0.3 is 6.09 Å². The van der Waals surface area contributed by atoms with Crippen molar-refractivity contribution in [3.05, 3.63) is 53.9 Å². The third kappa shape index (κ3) is 4.51. The molecule has 2 heterocycles. The van der Waals surface area contributed by atoms with E-state index in [-0.39, 0.29) is 18.0 Å². The van der Waals surface area contributed by atoms with Crippen molar-refractivity contribution in [1.82, 2.24) is 14.9 Å². The van der Waals surface area contributed by atoms with Crippen LogP contribution in [0.25, 0.3) is 0 Å². The highest BCUT2D eigenvalue weighted by Gasteiger charge is 2.46. The Morgan fingerprint density at radius 2 is 1.67 bits per heavy atom. The number of nitrogens with one attached hydrogen (secondary N) is 1. The number of likely N-dealkylation sites (N-methyl/N-ethyl adjacent to an activating group) is 1. The summed E-state index contributed by atoms with van der Waals surface area (Å²) in [6, 6.07) is 13.2. The van der Waals surface area contributed by atoms with Crippen molar-refractivity contribution < 1.29 is 14.3 Å². The van der Waals surface area contributed by atoms with Gasteiger partial charge in [-0.3, -0.25) is 4.79 Å². The number of nitrogens with zero attached hydrogens (tertiary/aromatic N) is 3. The molecule has 1 aromatic carbocycles. The van der Waals surface area contributed by atoms with Gasteiger partial charge in [-0.1, -0.05) is 18.2 Å². The molecule has 0 aliphatic carbocycles. The molecule has 2 unspecified atom stereocenters. The molecule has 0 saturated carbocycles. The lowest BCUT2D eigenvalue weighted by Crippen LogP contribution is -2.41. The molecule has 7 heteroatoms. The zero-order valence-corrected chi connectivity index (χ0v) is 18.7. The van der Waals surface area contributed by atoms with E-state index in [0.717, 1.165) is 17.1 Å². The van der Waals surface area contributed by atoms with Crippen molar-refractivity contribution in [3.63, 3.8) is 0 Å². The summed E-state index contributed by atoms with van der Waals surface area (Å²) in [5, 5.41) is 6.55. The summed E-state index contributed by atoms with van der Waals surface area (Å²) in [6.45, 7) is 9.95. The van der Waals surface area contributed by atoms with Crippen molar-refractivity contribution >= 4 is 17.7 Å². The van der Waals surface area contributed by atoms with Crippen LogP contribution < -0.4 is 10.3 Å². The van der Waals surface area contributed by atoms with E-state index >= 15 is 0 Å². The predicted octanol–water partition coefficient (Wildman–Crippen LogP) is 3.82. The minimum atomic E-state index is -0.545. The summed E-state index contributed by atoms with van der Waals surface area (Å²) < 4.78 is 7.43. The van der Waals surface area contributed by atoms with Crippen molar-refractivity contribution in [1.29, 1.82) is 0 Å². The van der Waals surface area contributed by atoms with Gasteiger partial charge in [0.05, 0.1) is 11.7 Å². The number of carbonyl (C=O) groups excluding carboxylic acids is 2. The molecule has 162 valence electrons. The molecular formula is C23H32N4O3. The second kappa shape index (κ2) is 8.52. The van der Waals surface area contributed by atoms with E-state index in [0.29, 0.717) is 13.0 Å². The Morgan fingerprint density at radius 3 is 2.23 bits per heavy atom. The Morgan fingerprint density at radius 1 is 1.07 bits per heavy atom. The molecule has 2 aromatic rings. The quantitative estimate of drug-likeness (QED) is 0.811. The first-order valence-corrected chi connectivity index (χ1v) is 10.3. The van der Waals surface area contributed by atoms with Crippen molar-refractivity contribution in [3.8, 4) is 0 Å². The summed E-state index contributed by atoms with van der Waals surface area (Å²) >= 11 is 0. The fourth-order valence-electron chi connectivity index (χ4n) is 4.06. The van der Waals surface area contributed by atoms with Crippen LogP contribution in [0.15, 0.2) is 42.5 Å². The van der Waals surface area contributed by atoms with Gasteiger partial charge in [-0.2, -0.15) is 0 Å². The molecule has 1 fully saturated rings. The van der Waals surface area contributed by atoms with Crippen LogP contribution in [0, 0.1) is 13.8 Å². The molecule has 0 bridgehead atoms. The average molecular weight is 413 g/mol. The first-order valence-electron chi connectivity index (χ1n) is 10.3. The van der Waals surface area contributed by atoms with Gasteiger partial charge in [-0.15, -0.1) is 0 Å². The second-order valence-electron chi connectivity index (χ2n) is 8.77. The number of aryl methyl sites for hydroxylation is 2. The zero-order valence-electron chi connectivity index (χ0n) is 18.7. The van der Waals surface area contributed by atoms with E-state index in [2.05, 4.69) is 9.88 Å². The van der Waals surface area contributed by atoms with Gasteiger partial charge in [0.15, 0.2) is 0 Å². The summed E-state index contributed by atoms with van der Waals surface area (Å²) in [4.78, 5) is 25.6. The Labute approximate surface area is 178 Å². The standard InChI is InChI=1S/C23H32N4O3/c1-16-12-13-17(2)26(16)20-19(14-15-24-22(29)30-23(3,4)5)25(6)27(21(20)28)18-10-8-7-9-11-18/h7-13,19-20H,14-15H2,1-6H3,(H,24,29). The molecule has 0 spiro atoms. The van der Waals surface area contributed by atoms with Crippen LogP contribution in [-0.4, -0.2) is 46.8 Å². The molecule has 3 rings (SSSR count). The molecule has 7 nitrogen and oxygen atoms in total. The number of alkyl carbamates (subject to hydrolysis) is 1. The van der Waals surface area contributed by atoms with E-state index in [1.54, 1.807) is 5.01 Å². The maximum Gasteiger partial charge on any atom is 0.407 e. The van der Waals surface area contributed by atoms with Crippen LogP contribution in [0.4, 0.5) is 10.5 Å². The SMILES string of the molecule is Cc1ccc(C)n1C1C(=O)N(c2ccccc2)N(C)C1CCNC(=O)OC(C)(C)C. The fraction of sp³-hybridized carbons (Fsp3) is 0.478. The lowest BCUT2D eigenvalue weighted by molar-refractivity contribution is -0.120. The predicted molar refractivity (Wildman–Crippen MR) is 117 cm³/mol. The second-order valence-corrected chi connectivity index (χ2v) is 8.77. The van der Waals surface area contributed by atoms with Gasteiger partial charge in [0.25, 0.3) is 5.91 Å². The van der Waals surface area contributed by atoms with Crippen LogP contribution in [0.1, 0.15) is 44.6 Å². The number of amides is 2. The minimum Gasteiger partial charge on any atom is -0.444 e. The molecule has 0 radical (unpaired) electrons. The van der Waals surface area contributed by atoms with Crippen LogP contribution in [0.5, 0.6) is 0 Å². The van der Waals surface area contributed by atoms with Crippen LogP contribution in [-0.2, 0) is 9.53 Å². The first-order chi connectivity index (χ1) is 14.1. The van der Waals surface area contributed by atoms with Crippen LogP contribution in [0.2, 0.25) is 0 Å². The van der Waals surface area contributed by atoms with E-state index in [9.17, 15) is 9.59 Å². The summed E-state index contributed by atoms with van der Waals surface area (Å²) in [6.07, 6.45) is 0.159. The van der Waals surface area contributed by atoms with Gasteiger partial charge in [-0.25, -0.2) is 14.8 Å². The number of anilines is 1. The Bertz CT molecular complexity index is 881. The maximum atomic E-state index is 13.6. The Balaban J connectivity index is 1.84. The first kappa shape index (κ1) is 21.9. The van der Waals surface area contributed by atoms with Crippen molar-refractivity contribution in [2.75, 3.05) is 18.6 Å². The number of rotatable bonds is 5. The Kier molecular flexibility index (Phi) is 6.22. The maximum absolute atomic E-state index is 13.6. The van der Waals surface area contributed by atoms with Crippen LogP contribution in [0.3, 0.4) is 0 Å². The number of carbonyl (C=O) groups is 2. The molecule has 30 heavy (non-hydrogen) atoms. The number of hydrazine groups is 1. The summed E-state index contributed by atoms with van der Waals surface area (Å²) in [5.41, 5.74) is 2.37. The van der Waals surface area contributed by atoms with Crippen molar-refractivity contribution in [2.24, 2.45) is 0 Å². The third-order valence-electron chi connectivity index (χ3n) is 5.33. The van der Waals surface area contributed by atoms with Gasteiger partial charge in [0.1, 0.15) is 11.6 Å². The average Bonchev–Trinajstić information content (AvgIpc) is 3.10. The number of hydrogen-bond acceptors (Lipinski definition) is 4. The molecule has 1 aliphatic heterocycles. The Hall–Kier alpha value is -2.80. The molecule has 2 atom stereocenters. The highest BCUT2D eigenvalue weighted by atomic mass is 16.6. The smallest absolute Gasteiger partial charge is 0.407 e. The number of benzene rings is 1. The minimum absolute atomic E-state index is 0.0216. The number of ether oxygens (including phenoxy) is 1. The number of aromatic nitrogens is 1. The lowest BCUT2D eigenvalue weighted by Gasteiger charge is -2.29. The fourth-order valence-corrected chi connectivity index (χ4v) is 4.06. The van der Waals surface area contributed by atoms with Crippen molar-refractivity contribution in [2.45, 2.75) is 58.7 Å². The van der Waals surface area contributed by atoms with Gasteiger partial charge < -0.3 is 14.6 Å². The van der Waals surface area contributed by atoms with E-state index < -0.39 is 11.7 Å². The topological polar surface area (TPSA) is 66.8 Å². The van der Waals surface area contributed by atoms with Gasteiger partial charge in [-0.05, 0) is 65.3 Å². The molecule has 1 aliphatic rings. The normalized spacial score (nSPS) is 19.9. The summed E-state index contributed by atoms with van der Waals surface area (Å²) in [5.74, 6) is 0.0216. The molecule has 1 saturated heterocycles. The zero-order chi connectivity index (χ0) is 22.1.